The van der Waals surface area contributed by atoms with Crippen molar-refractivity contribution in [1.29, 1.82) is 0 Å². The van der Waals surface area contributed by atoms with Crippen molar-refractivity contribution in [2.75, 3.05) is 27.2 Å². The van der Waals surface area contributed by atoms with Crippen LogP contribution in [0.3, 0.4) is 0 Å². The van der Waals surface area contributed by atoms with E-state index in [0.717, 1.165) is 31.2 Å². The van der Waals surface area contributed by atoms with E-state index in [2.05, 4.69) is 16.8 Å². The number of nitrogens with one attached hydrogen (secondary N) is 1. The Balaban J connectivity index is 0. The van der Waals surface area contributed by atoms with Gasteiger partial charge in [0.25, 0.3) is 0 Å². The first kappa shape index (κ1) is 20.1. The first-order chi connectivity index (χ1) is 9.33. The highest BCUT2D eigenvalue weighted by molar-refractivity contribution is 5.93. The fraction of sp³-hybridized carbons (Fsp3) is 0.417. The zero-order valence-corrected chi connectivity index (χ0v) is 11.5. The lowest BCUT2D eigenvalue weighted by Crippen LogP contribution is -2.25. The summed E-state index contributed by atoms with van der Waals surface area (Å²) in [5, 5.41) is 18.2. The van der Waals surface area contributed by atoms with Crippen LogP contribution in [0.2, 0.25) is 0 Å². The molecule has 0 fully saturated rings. The van der Waals surface area contributed by atoms with E-state index < -0.39 is 11.9 Å². The molecule has 0 aromatic heterocycles. The number of carboxylic acid groups (broad SMARTS) is 1. The van der Waals surface area contributed by atoms with E-state index in [1.54, 1.807) is 0 Å². The number of hydrogen-bond acceptors (Lipinski definition) is 6. The highest BCUT2D eigenvalue weighted by Crippen LogP contribution is 1.81. The maximum atomic E-state index is 10.9. The molecular weight excluding hydrogens is 268 g/mol. The summed E-state index contributed by atoms with van der Waals surface area (Å²) in [6.45, 7) is 4.45. The van der Waals surface area contributed by atoms with E-state index in [1.165, 1.54) is 0 Å². The molecule has 0 bridgehead atoms. The Morgan fingerprint density at radius 2 is 1.90 bits per heavy atom. The highest BCUT2D eigenvalue weighted by Gasteiger charge is 1.96. The molecule has 0 aliphatic rings. The number of aliphatic carboxylic acids is 1. The third-order valence-electron chi connectivity index (χ3n) is 1.72. The monoisotopic (exact) mass is 288 g/mol. The summed E-state index contributed by atoms with van der Waals surface area (Å²) in [5.74, 6) is -2.32. The van der Waals surface area contributed by atoms with Crippen molar-refractivity contribution in [3.8, 4) is 0 Å². The molecule has 0 atom stereocenters. The molecule has 3 N–H and O–H groups in total. The standard InChI is InChI=1S/C9H16N2O3.C3H4O3/c1-11(2)7-3-6-10-8(12)4-5-9(13)14;1-2-3(4)6-5/h4-5H,3,6-7H2,1-2H3,(H,10,12)(H,13,14);2,5H,1H2/b5-4-;. The quantitative estimate of drug-likeness (QED) is 0.259. The molecule has 0 spiro atoms. The fourth-order valence-electron chi connectivity index (χ4n) is 0.850. The van der Waals surface area contributed by atoms with Crippen LogP contribution in [-0.4, -0.2) is 60.3 Å². The Morgan fingerprint density at radius 3 is 2.25 bits per heavy atom. The van der Waals surface area contributed by atoms with Gasteiger partial charge in [0, 0.05) is 24.8 Å². The van der Waals surface area contributed by atoms with Crippen LogP contribution in [0.4, 0.5) is 0 Å². The Bertz CT molecular complexity index is 352. The molecule has 20 heavy (non-hydrogen) atoms. The summed E-state index contributed by atoms with van der Waals surface area (Å²) < 4.78 is 0. The first-order valence-electron chi connectivity index (χ1n) is 5.64. The molecule has 0 unspecified atom stereocenters. The molecule has 0 heterocycles. The van der Waals surface area contributed by atoms with Crippen molar-refractivity contribution < 1.29 is 29.6 Å². The number of carboxylic acids is 1. The second-order valence-corrected chi connectivity index (χ2v) is 3.73. The van der Waals surface area contributed by atoms with E-state index in [0.29, 0.717) is 6.54 Å². The lowest BCUT2D eigenvalue weighted by molar-refractivity contribution is -0.228. The van der Waals surface area contributed by atoms with Gasteiger partial charge in [0.2, 0.25) is 5.91 Å². The average Bonchev–Trinajstić information content (AvgIpc) is 2.40. The molecule has 0 aliphatic heterocycles. The molecule has 8 nitrogen and oxygen atoms in total. The average molecular weight is 288 g/mol. The second-order valence-electron chi connectivity index (χ2n) is 3.73. The van der Waals surface area contributed by atoms with E-state index in [4.69, 9.17) is 10.4 Å². The molecule has 0 aromatic rings. The minimum atomic E-state index is -1.12. The Hall–Kier alpha value is -2.19. The van der Waals surface area contributed by atoms with Crippen LogP contribution in [0.25, 0.3) is 0 Å². The SMILES string of the molecule is C=CC(=O)OO.CN(C)CCCNC(=O)/C=C\C(=O)O. The van der Waals surface area contributed by atoms with Gasteiger partial charge in [-0.1, -0.05) is 6.58 Å². The minimum Gasteiger partial charge on any atom is -0.478 e. The number of nitrogens with zero attached hydrogens (tertiary/aromatic N) is 1. The van der Waals surface area contributed by atoms with Crippen molar-refractivity contribution in [2.24, 2.45) is 0 Å². The summed E-state index contributed by atoms with van der Waals surface area (Å²) >= 11 is 0. The van der Waals surface area contributed by atoms with Gasteiger partial charge >= 0.3 is 11.9 Å². The van der Waals surface area contributed by atoms with Gasteiger partial charge in [-0.05, 0) is 27.1 Å². The second kappa shape index (κ2) is 13.2. The third-order valence-corrected chi connectivity index (χ3v) is 1.72. The highest BCUT2D eigenvalue weighted by atomic mass is 17.1. The van der Waals surface area contributed by atoms with Crippen molar-refractivity contribution in [2.45, 2.75) is 6.42 Å². The van der Waals surface area contributed by atoms with Gasteiger partial charge in [-0.25, -0.2) is 9.59 Å². The topological polar surface area (TPSA) is 116 Å². The molecular formula is C12H20N2O6. The van der Waals surface area contributed by atoms with Gasteiger partial charge in [-0.2, -0.15) is 5.26 Å². The zero-order valence-electron chi connectivity index (χ0n) is 11.5. The van der Waals surface area contributed by atoms with Crippen LogP contribution in [0.5, 0.6) is 0 Å². The molecule has 0 aliphatic carbocycles. The van der Waals surface area contributed by atoms with E-state index in [9.17, 15) is 14.4 Å². The summed E-state index contributed by atoms with van der Waals surface area (Å²) in [6, 6.07) is 0. The molecule has 0 aromatic carbocycles. The van der Waals surface area contributed by atoms with Crippen LogP contribution in [0, 0.1) is 0 Å². The number of carbonyl (C=O) groups is 3. The Morgan fingerprint density at radius 1 is 1.30 bits per heavy atom. The summed E-state index contributed by atoms with van der Waals surface area (Å²) in [7, 11) is 3.90. The molecule has 114 valence electrons. The van der Waals surface area contributed by atoms with Gasteiger partial charge in [0.15, 0.2) is 0 Å². The van der Waals surface area contributed by atoms with Crippen LogP contribution < -0.4 is 5.32 Å². The lowest BCUT2D eigenvalue weighted by Gasteiger charge is -2.08. The third kappa shape index (κ3) is 18.2. The molecule has 1 amide bonds. The maximum Gasteiger partial charge on any atom is 0.365 e. The summed E-state index contributed by atoms with van der Waals surface area (Å²) in [6.07, 6.45) is 3.54. The van der Waals surface area contributed by atoms with Crippen molar-refractivity contribution >= 4 is 17.8 Å². The van der Waals surface area contributed by atoms with Crippen molar-refractivity contribution in [1.82, 2.24) is 10.2 Å². The number of hydrogen-bond donors (Lipinski definition) is 3. The zero-order chi connectivity index (χ0) is 16.0. The number of carbonyl (C=O) groups excluding carboxylic acids is 2. The van der Waals surface area contributed by atoms with Crippen LogP contribution in [0.1, 0.15) is 6.42 Å². The molecule has 0 rings (SSSR count). The van der Waals surface area contributed by atoms with Gasteiger partial charge in [-0.15, -0.1) is 0 Å². The van der Waals surface area contributed by atoms with Crippen LogP contribution in [0.15, 0.2) is 24.8 Å². The van der Waals surface area contributed by atoms with Crippen LogP contribution in [-0.2, 0) is 19.3 Å². The smallest absolute Gasteiger partial charge is 0.365 e. The van der Waals surface area contributed by atoms with Gasteiger partial charge < -0.3 is 15.3 Å². The van der Waals surface area contributed by atoms with Gasteiger partial charge in [-0.3, -0.25) is 9.68 Å². The number of rotatable bonds is 7. The first-order valence-corrected chi connectivity index (χ1v) is 5.64. The van der Waals surface area contributed by atoms with Gasteiger partial charge in [0.05, 0.1) is 0 Å². The molecule has 0 radical (unpaired) electrons. The van der Waals surface area contributed by atoms with Crippen LogP contribution >= 0.6 is 0 Å². The predicted octanol–water partition coefficient (Wildman–Crippen LogP) is -0.116. The largest absolute Gasteiger partial charge is 0.478 e. The molecule has 0 saturated carbocycles. The Kier molecular flexibility index (Phi) is 13.3. The normalized spacial score (nSPS) is 9.60. The fourth-order valence-corrected chi connectivity index (χ4v) is 0.850. The Labute approximate surface area is 117 Å². The van der Waals surface area contributed by atoms with Crippen molar-refractivity contribution in [3.63, 3.8) is 0 Å². The van der Waals surface area contributed by atoms with Crippen molar-refractivity contribution in [3.05, 3.63) is 24.8 Å². The lowest BCUT2D eigenvalue weighted by atomic mass is 10.4. The molecule has 0 saturated heterocycles. The number of amides is 1. The maximum absolute atomic E-state index is 10.9. The van der Waals surface area contributed by atoms with E-state index in [1.807, 2.05) is 19.0 Å². The van der Waals surface area contributed by atoms with Gasteiger partial charge in [0.1, 0.15) is 0 Å². The summed E-state index contributed by atoms with van der Waals surface area (Å²) in [4.78, 5) is 35.7. The summed E-state index contributed by atoms with van der Waals surface area (Å²) in [5.41, 5.74) is 0. The molecule has 8 heteroatoms. The minimum absolute atomic E-state index is 0.369. The predicted molar refractivity (Wildman–Crippen MR) is 71.9 cm³/mol. The van der Waals surface area contributed by atoms with E-state index in [-0.39, 0.29) is 5.91 Å². The van der Waals surface area contributed by atoms with E-state index >= 15 is 0 Å².